The Morgan fingerprint density at radius 3 is 2.21 bits per heavy atom. The van der Waals surface area contributed by atoms with E-state index in [1.54, 1.807) is 24.3 Å². The van der Waals surface area contributed by atoms with Gasteiger partial charge in [0.2, 0.25) is 6.29 Å². The number of carbonyl (C=O) groups is 2. The van der Waals surface area contributed by atoms with Crippen LogP contribution in [0, 0.1) is 0 Å². The molecule has 38 heavy (non-hydrogen) atoms. The summed E-state index contributed by atoms with van der Waals surface area (Å²) in [4.78, 5) is 27.0. The average molecular weight is 519 g/mol. The number of carbonyl (C=O) groups excluding carboxylic acids is 2. The third-order valence-electron chi connectivity index (χ3n) is 7.48. The number of ether oxygens (including phenoxy) is 3. The second-order valence-corrected chi connectivity index (χ2v) is 9.73. The third kappa shape index (κ3) is 3.91. The first-order chi connectivity index (χ1) is 18.4. The molecule has 1 aliphatic carbocycles. The Labute approximate surface area is 217 Å². The summed E-state index contributed by atoms with van der Waals surface area (Å²) in [5.41, 5.74) is 1.49. The van der Waals surface area contributed by atoms with E-state index < -0.39 is 53.9 Å². The van der Waals surface area contributed by atoms with E-state index in [1.165, 1.54) is 6.07 Å². The quantitative estimate of drug-likeness (QED) is 0.297. The van der Waals surface area contributed by atoms with Crippen molar-refractivity contribution in [2.45, 2.75) is 43.0 Å². The molecule has 3 aromatic carbocycles. The first-order valence-corrected chi connectivity index (χ1v) is 12.4. The van der Waals surface area contributed by atoms with Gasteiger partial charge in [-0.3, -0.25) is 9.59 Å². The first kappa shape index (κ1) is 24.7. The lowest BCUT2D eigenvalue weighted by molar-refractivity contribution is -0.279. The minimum absolute atomic E-state index is 0.0451. The molecular formula is C29H26O9. The molecular weight excluding hydrogens is 492 g/mol. The molecule has 2 aliphatic heterocycles. The molecule has 3 aromatic rings. The molecule has 2 bridgehead atoms. The molecule has 0 saturated carbocycles. The molecule has 0 radical (unpaired) electrons. The maximum absolute atomic E-state index is 13.5. The Balaban J connectivity index is 1.57. The van der Waals surface area contributed by atoms with Crippen molar-refractivity contribution in [1.29, 1.82) is 0 Å². The van der Waals surface area contributed by atoms with Crippen LogP contribution in [0.1, 0.15) is 55.3 Å². The Bertz CT molecular complexity index is 1400. The summed E-state index contributed by atoms with van der Waals surface area (Å²) in [7, 11) is 0. The largest absolute Gasteiger partial charge is 0.504 e. The number of aromatic hydroxyl groups is 1. The van der Waals surface area contributed by atoms with Crippen molar-refractivity contribution in [3.8, 4) is 11.5 Å². The fourth-order valence-corrected chi connectivity index (χ4v) is 5.48. The number of rotatable bonds is 1. The zero-order valence-electron chi connectivity index (χ0n) is 20.2. The summed E-state index contributed by atoms with van der Waals surface area (Å²) in [5, 5.41) is 43.1. The van der Waals surface area contributed by atoms with Crippen molar-refractivity contribution in [1.82, 2.24) is 0 Å². The highest BCUT2D eigenvalue weighted by molar-refractivity contribution is 6.29. The highest BCUT2D eigenvalue weighted by Gasteiger charge is 2.46. The molecule has 9 nitrogen and oxygen atoms in total. The van der Waals surface area contributed by atoms with E-state index in [-0.39, 0.29) is 41.2 Å². The number of hydrogen-bond donors (Lipinski definition) is 4. The summed E-state index contributed by atoms with van der Waals surface area (Å²) in [5.74, 6) is -2.08. The van der Waals surface area contributed by atoms with Gasteiger partial charge in [0.15, 0.2) is 23.1 Å². The van der Waals surface area contributed by atoms with E-state index in [0.717, 1.165) is 5.56 Å². The molecule has 6 rings (SSSR count). The van der Waals surface area contributed by atoms with Crippen LogP contribution >= 0.6 is 0 Å². The van der Waals surface area contributed by atoms with Crippen LogP contribution in [-0.2, 0) is 9.47 Å². The number of phenolic OH excluding ortho intramolecular Hbond substituents is 1. The third-order valence-corrected chi connectivity index (χ3v) is 7.48. The minimum atomic E-state index is -1.67. The maximum atomic E-state index is 13.5. The fourth-order valence-electron chi connectivity index (χ4n) is 5.48. The maximum Gasteiger partial charge on any atom is 0.229 e. The predicted molar refractivity (Wildman–Crippen MR) is 132 cm³/mol. The van der Waals surface area contributed by atoms with Gasteiger partial charge in [0, 0.05) is 34.8 Å². The smallest absolute Gasteiger partial charge is 0.229 e. The molecule has 0 aromatic heterocycles. The lowest BCUT2D eigenvalue weighted by Crippen LogP contribution is -2.60. The molecule has 0 spiro atoms. The van der Waals surface area contributed by atoms with E-state index in [4.69, 9.17) is 14.2 Å². The van der Waals surface area contributed by atoms with Gasteiger partial charge >= 0.3 is 0 Å². The number of ketones is 2. The van der Waals surface area contributed by atoms with Gasteiger partial charge in [-0.1, -0.05) is 54.6 Å². The Morgan fingerprint density at radius 1 is 0.789 bits per heavy atom. The Morgan fingerprint density at radius 2 is 1.47 bits per heavy atom. The predicted octanol–water partition coefficient (Wildman–Crippen LogP) is 1.91. The van der Waals surface area contributed by atoms with Crippen molar-refractivity contribution in [2.75, 3.05) is 13.2 Å². The number of aliphatic hydroxyl groups excluding tert-OH is 3. The normalized spacial score (nSPS) is 28.8. The second-order valence-electron chi connectivity index (χ2n) is 9.73. The number of phenols is 1. The van der Waals surface area contributed by atoms with E-state index in [0.29, 0.717) is 12.0 Å². The van der Waals surface area contributed by atoms with E-state index >= 15 is 0 Å². The van der Waals surface area contributed by atoms with E-state index in [9.17, 15) is 30.0 Å². The van der Waals surface area contributed by atoms with Crippen LogP contribution in [0.4, 0.5) is 0 Å². The van der Waals surface area contributed by atoms with Crippen molar-refractivity contribution in [3.63, 3.8) is 0 Å². The highest BCUT2D eigenvalue weighted by Crippen LogP contribution is 2.47. The van der Waals surface area contributed by atoms with Crippen molar-refractivity contribution in [2.24, 2.45) is 0 Å². The number of benzene rings is 3. The van der Waals surface area contributed by atoms with Gasteiger partial charge in [0.05, 0.1) is 12.2 Å². The number of fused-ring (bicyclic) bond motifs is 5. The molecule has 3 aliphatic rings. The lowest BCUT2D eigenvalue weighted by Gasteiger charge is -2.40. The molecule has 1 saturated heterocycles. The van der Waals surface area contributed by atoms with Crippen molar-refractivity contribution < 1.29 is 44.2 Å². The zero-order chi connectivity index (χ0) is 26.6. The SMILES string of the molecule is O=C1c2ccccc2C(=O)c2c1cc1c(c2O)O[C@H]2O[C@@H](COCC[C@H]1c1ccccc1)[C@H](O)[C@@H](O)[C@@H]2O. The van der Waals surface area contributed by atoms with Gasteiger partial charge in [-0.25, -0.2) is 0 Å². The van der Waals surface area contributed by atoms with E-state index in [2.05, 4.69) is 0 Å². The topological polar surface area (TPSA) is 143 Å². The van der Waals surface area contributed by atoms with Gasteiger partial charge in [-0.05, 0) is 18.1 Å². The van der Waals surface area contributed by atoms with Gasteiger partial charge in [-0.2, -0.15) is 0 Å². The van der Waals surface area contributed by atoms with Gasteiger partial charge in [0.1, 0.15) is 24.4 Å². The van der Waals surface area contributed by atoms with Crippen LogP contribution in [-0.4, -0.2) is 75.9 Å². The summed E-state index contributed by atoms with van der Waals surface area (Å²) < 4.78 is 17.6. The van der Waals surface area contributed by atoms with Gasteiger partial charge < -0.3 is 34.6 Å². The fraction of sp³-hybridized carbons (Fsp3) is 0.310. The lowest BCUT2D eigenvalue weighted by atomic mass is 9.79. The molecule has 4 N–H and O–H groups in total. The summed E-state index contributed by atoms with van der Waals surface area (Å²) in [6.07, 6.45) is -6.81. The Kier molecular flexibility index (Phi) is 6.25. The monoisotopic (exact) mass is 518 g/mol. The van der Waals surface area contributed by atoms with E-state index in [1.807, 2.05) is 30.3 Å². The molecule has 6 atom stereocenters. The molecule has 9 heteroatoms. The number of aliphatic hydroxyl groups is 3. The van der Waals surface area contributed by atoms with Gasteiger partial charge in [0.25, 0.3) is 0 Å². The van der Waals surface area contributed by atoms with Crippen LogP contribution in [0.25, 0.3) is 0 Å². The highest BCUT2D eigenvalue weighted by atomic mass is 16.7. The average Bonchev–Trinajstić information content (AvgIpc) is 2.97. The second kappa shape index (κ2) is 9.61. The van der Waals surface area contributed by atoms with Crippen LogP contribution in [0.2, 0.25) is 0 Å². The molecule has 2 heterocycles. The van der Waals surface area contributed by atoms with Crippen LogP contribution < -0.4 is 4.74 Å². The molecule has 1 fully saturated rings. The first-order valence-electron chi connectivity index (χ1n) is 12.4. The summed E-state index contributed by atoms with van der Waals surface area (Å²) >= 11 is 0. The molecule has 0 unspecified atom stereocenters. The van der Waals surface area contributed by atoms with Crippen LogP contribution in [0.15, 0.2) is 60.7 Å². The minimum Gasteiger partial charge on any atom is -0.504 e. The molecule has 196 valence electrons. The zero-order valence-corrected chi connectivity index (χ0v) is 20.2. The summed E-state index contributed by atoms with van der Waals surface area (Å²) in [6, 6.07) is 17.3. The van der Waals surface area contributed by atoms with Crippen molar-refractivity contribution in [3.05, 3.63) is 94.0 Å². The van der Waals surface area contributed by atoms with Crippen LogP contribution in [0.5, 0.6) is 11.5 Å². The standard InChI is InChI=1S/C29H26O9/c30-22-16-8-4-5-9-17(16)23(31)21-19(22)12-18-15(14-6-2-1-3-7-14)10-11-36-13-20-24(32)26(34)27(35)29(37-20)38-28(18)25(21)33/h1-9,12,15,20,24,26-27,29,32-35H,10-11,13H2/t15-,20-,24-,26+,27-,29+/m0/s1. The van der Waals surface area contributed by atoms with Gasteiger partial charge in [-0.15, -0.1) is 0 Å². The molecule has 0 amide bonds. The van der Waals surface area contributed by atoms with Crippen molar-refractivity contribution >= 4 is 11.6 Å². The Hall–Kier alpha value is -3.60. The number of hydrogen-bond acceptors (Lipinski definition) is 9. The summed E-state index contributed by atoms with van der Waals surface area (Å²) in [6.45, 7) is 0.139. The van der Waals surface area contributed by atoms with Crippen LogP contribution in [0.3, 0.4) is 0 Å².